The van der Waals surface area contributed by atoms with Gasteiger partial charge >= 0.3 is 0 Å². The molecule has 0 aliphatic rings. The van der Waals surface area contributed by atoms with Gasteiger partial charge in [-0.25, -0.2) is 0 Å². The van der Waals surface area contributed by atoms with Gasteiger partial charge in [0.05, 0.1) is 25.7 Å². The van der Waals surface area contributed by atoms with E-state index >= 15 is 0 Å². The van der Waals surface area contributed by atoms with Gasteiger partial charge in [0.2, 0.25) is 0 Å². The van der Waals surface area contributed by atoms with Crippen molar-refractivity contribution < 1.29 is 9.84 Å². The number of aliphatic hydroxyl groups is 1. The van der Waals surface area contributed by atoms with Gasteiger partial charge in [0, 0.05) is 0 Å². The zero-order chi connectivity index (χ0) is 10.6. The lowest BCUT2D eigenvalue weighted by Gasteiger charge is -2.10. The fourth-order valence-electron chi connectivity index (χ4n) is 1.31. The molecule has 0 saturated heterocycles. The Labute approximate surface area is 83.6 Å². The summed E-state index contributed by atoms with van der Waals surface area (Å²) in [5.41, 5.74) is 1.71. The molecule has 1 atom stereocenters. The van der Waals surface area contributed by atoms with Gasteiger partial charge in [0.15, 0.2) is 0 Å². The summed E-state index contributed by atoms with van der Waals surface area (Å²) in [5.74, 6) is 0.790. The molecule has 74 valence electrons. The number of rotatable bonds is 3. The van der Waals surface area contributed by atoms with Crippen LogP contribution in [0.5, 0.6) is 5.75 Å². The van der Waals surface area contributed by atoms with Gasteiger partial charge < -0.3 is 9.84 Å². The van der Waals surface area contributed by atoms with Gasteiger partial charge in [-0.05, 0) is 30.2 Å². The van der Waals surface area contributed by atoms with Crippen LogP contribution < -0.4 is 4.74 Å². The van der Waals surface area contributed by atoms with Crippen molar-refractivity contribution >= 4 is 0 Å². The molecule has 0 aromatic heterocycles. The number of hydrogen-bond acceptors (Lipinski definition) is 3. The van der Waals surface area contributed by atoms with E-state index in [1.807, 2.05) is 19.1 Å². The molecular formula is C11H13NO2. The highest BCUT2D eigenvalue weighted by atomic mass is 16.5. The van der Waals surface area contributed by atoms with E-state index < -0.39 is 6.10 Å². The zero-order valence-electron chi connectivity index (χ0n) is 8.32. The monoisotopic (exact) mass is 191 g/mol. The van der Waals surface area contributed by atoms with Gasteiger partial charge in [-0.2, -0.15) is 5.26 Å². The van der Waals surface area contributed by atoms with Gasteiger partial charge in [0.25, 0.3) is 0 Å². The summed E-state index contributed by atoms with van der Waals surface area (Å²) >= 11 is 0. The largest absolute Gasteiger partial charge is 0.496 e. The van der Waals surface area contributed by atoms with E-state index in [0.29, 0.717) is 0 Å². The fourth-order valence-corrected chi connectivity index (χ4v) is 1.31. The van der Waals surface area contributed by atoms with Crippen LogP contribution in [-0.2, 0) is 0 Å². The first-order valence-electron chi connectivity index (χ1n) is 4.38. The summed E-state index contributed by atoms with van der Waals surface area (Å²) in [4.78, 5) is 0. The molecule has 1 aromatic rings. The van der Waals surface area contributed by atoms with Crippen LogP contribution >= 0.6 is 0 Å². The quantitative estimate of drug-likeness (QED) is 0.794. The highest BCUT2D eigenvalue weighted by Gasteiger charge is 2.08. The lowest BCUT2D eigenvalue weighted by Crippen LogP contribution is -1.97. The summed E-state index contributed by atoms with van der Waals surface area (Å²) in [6, 6.07) is 7.34. The molecule has 0 spiro atoms. The Balaban J connectivity index is 2.92. The third kappa shape index (κ3) is 2.24. The Morgan fingerprint density at radius 1 is 1.57 bits per heavy atom. The van der Waals surface area contributed by atoms with E-state index in [1.54, 1.807) is 19.2 Å². The van der Waals surface area contributed by atoms with Gasteiger partial charge in [-0.15, -0.1) is 0 Å². The molecule has 14 heavy (non-hydrogen) atoms. The molecule has 0 aliphatic carbocycles. The van der Waals surface area contributed by atoms with Crippen molar-refractivity contribution in [1.29, 1.82) is 5.26 Å². The second-order valence-corrected chi connectivity index (χ2v) is 3.11. The van der Waals surface area contributed by atoms with E-state index in [9.17, 15) is 5.11 Å². The third-order valence-electron chi connectivity index (χ3n) is 2.09. The van der Waals surface area contributed by atoms with Crippen molar-refractivity contribution in [3.63, 3.8) is 0 Å². The first-order chi connectivity index (χ1) is 6.69. The summed E-state index contributed by atoms with van der Waals surface area (Å²) < 4.78 is 5.09. The molecule has 0 bridgehead atoms. The number of hydrogen-bond donors (Lipinski definition) is 1. The van der Waals surface area contributed by atoms with Crippen LogP contribution in [0.25, 0.3) is 0 Å². The highest BCUT2D eigenvalue weighted by molar-refractivity contribution is 5.37. The van der Waals surface area contributed by atoms with Gasteiger partial charge in [-0.3, -0.25) is 0 Å². The number of ether oxygens (including phenoxy) is 1. The minimum absolute atomic E-state index is 0.117. The Kier molecular flexibility index (Phi) is 3.49. The Morgan fingerprint density at radius 3 is 2.79 bits per heavy atom. The predicted octanol–water partition coefficient (Wildman–Crippen LogP) is 1.95. The van der Waals surface area contributed by atoms with Gasteiger partial charge in [0.1, 0.15) is 5.75 Å². The van der Waals surface area contributed by atoms with Crippen molar-refractivity contribution in [3.05, 3.63) is 29.3 Å². The van der Waals surface area contributed by atoms with Crippen LogP contribution in [0.2, 0.25) is 0 Å². The Bertz CT molecular complexity index is 355. The topological polar surface area (TPSA) is 53.2 Å². The SMILES string of the molecule is COc1ccc(C(O)CC#N)cc1C. The van der Waals surface area contributed by atoms with Crippen molar-refractivity contribution in [1.82, 2.24) is 0 Å². The maximum atomic E-state index is 9.55. The minimum atomic E-state index is -0.704. The van der Waals surface area contributed by atoms with Crippen LogP contribution in [-0.4, -0.2) is 12.2 Å². The first-order valence-corrected chi connectivity index (χ1v) is 4.38. The second kappa shape index (κ2) is 4.64. The molecule has 1 aromatic carbocycles. The van der Waals surface area contributed by atoms with E-state index in [4.69, 9.17) is 10.00 Å². The molecule has 0 radical (unpaired) electrons. The lowest BCUT2D eigenvalue weighted by atomic mass is 10.0. The molecule has 0 saturated carbocycles. The molecule has 0 heterocycles. The van der Waals surface area contributed by atoms with Crippen molar-refractivity contribution in [3.8, 4) is 11.8 Å². The molecular weight excluding hydrogens is 178 g/mol. The van der Waals surface area contributed by atoms with E-state index in [2.05, 4.69) is 0 Å². The number of nitrogens with zero attached hydrogens (tertiary/aromatic N) is 1. The average molecular weight is 191 g/mol. The minimum Gasteiger partial charge on any atom is -0.496 e. The standard InChI is InChI=1S/C11H13NO2/c1-8-7-9(10(13)5-6-12)3-4-11(8)14-2/h3-4,7,10,13H,5H2,1-2H3. The summed E-state index contributed by atoms with van der Waals surface area (Å²) in [7, 11) is 1.60. The summed E-state index contributed by atoms with van der Waals surface area (Å²) in [5, 5.41) is 18.0. The second-order valence-electron chi connectivity index (χ2n) is 3.11. The summed E-state index contributed by atoms with van der Waals surface area (Å²) in [6.45, 7) is 1.90. The first kappa shape index (κ1) is 10.6. The number of nitriles is 1. The molecule has 1 N–H and O–H groups in total. The Morgan fingerprint density at radius 2 is 2.29 bits per heavy atom. The molecule has 3 nitrogen and oxygen atoms in total. The van der Waals surface area contributed by atoms with E-state index in [0.717, 1.165) is 16.9 Å². The van der Waals surface area contributed by atoms with Crippen LogP contribution in [0, 0.1) is 18.3 Å². The van der Waals surface area contributed by atoms with E-state index in [-0.39, 0.29) is 6.42 Å². The Hall–Kier alpha value is -1.53. The van der Waals surface area contributed by atoms with Crippen LogP contribution in [0.15, 0.2) is 18.2 Å². The normalized spacial score (nSPS) is 11.9. The molecule has 0 fully saturated rings. The van der Waals surface area contributed by atoms with Crippen molar-refractivity contribution in [2.24, 2.45) is 0 Å². The number of benzene rings is 1. The number of methoxy groups -OCH3 is 1. The van der Waals surface area contributed by atoms with Crippen LogP contribution in [0.1, 0.15) is 23.7 Å². The molecule has 0 amide bonds. The maximum absolute atomic E-state index is 9.55. The smallest absolute Gasteiger partial charge is 0.121 e. The number of aliphatic hydroxyl groups excluding tert-OH is 1. The molecule has 1 rings (SSSR count). The molecule has 1 unspecified atom stereocenters. The lowest BCUT2D eigenvalue weighted by molar-refractivity contribution is 0.183. The molecule has 0 aliphatic heterocycles. The fraction of sp³-hybridized carbons (Fsp3) is 0.364. The van der Waals surface area contributed by atoms with E-state index in [1.165, 1.54) is 0 Å². The van der Waals surface area contributed by atoms with Crippen molar-refractivity contribution in [2.75, 3.05) is 7.11 Å². The summed E-state index contributed by atoms with van der Waals surface area (Å²) in [6.07, 6.45) is -0.587. The number of aryl methyl sites for hydroxylation is 1. The zero-order valence-corrected chi connectivity index (χ0v) is 8.32. The highest BCUT2D eigenvalue weighted by Crippen LogP contribution is 2.23. The average Bonchev–Trinajstić information content (AvgIpc) is 2.18. The van der Waals surface area contributed by atoms with Gasteiger partial charge in [-0.1, -0.05) is 6.07 Å². The van der Waals surface area contributed by atoms with Crippen LogP contribution in [0.4, 0.5) is 0 Å². The van der Waals surface area contributed by atoms with Crippen molar-refractivity contribution in [2.45, 2.75) is 19.4 Å². The maximum Gasteiger partial charge on any atom is 0.121 e. The molecule has 3 heteroatoms. The third-order valence-corrected chi connectivity index (χ3v) is 2.09. The predicted molar refractivity (Wildman–Crippen MR) is 52.9 cm³/mol. The van der Waals surface area contributed by atoms with Crippen LogP contribution in [0.3, 0.4) is 0 Å².